The molecule has 15 heavy (non-hydrogen) atoms. The summed E-state index contributed by atoms with van der Waals surface area (Å²) < 4.78 is 5.07. The number of allylic oxidation sites excluding steroid dienone is 1. The SMILES string of the molecule is CC(C)CCOC(=O)SC1=NC=CCC1. The van der Waals surface area contributed by atoms with E-state index in [4.69, 9.17) is 4.74 Å². The molecule has 0 saturated carbocycles. The summed E-state index contributed by atoms with van der Waals surface area (Å²) in [6.07, 6.45) is 6.46. The Balaban J connectivity index is 2.18. The van der Waals surface area contributed by atoms with Crippen molar-refractivity contribution in [1.82, 2.24) is 0 Å². The maximum absolute atomic E-state index is 11.3. The largest absolute Gasteiger partial charge is 0.457 e. The topological polar surface area (TPSA) is 38.7 Å². The van der Waals surface area contributed by atoms with E-state index in [1.807, 2.05) is 6.08 Å². The van der Waals surface area contributed by atoms with Crippen molar-refractivity contribution in [3.63, 3.8) is 0 Å². The number of ether oxygens (including phenoxy) is 1. The van der Waals surface area contributed by atoms with E-state index in [0.29, 0.717) is 12.5 Å². The fourth-order valence-electron chi connectivity index (χ4n) is 1.06. The van der Waals surface area contributed by atoms with Crippen molar-refractivity contribution in [2.24, 2.45) is 10.9 Å². The van der Waals surface area contributed by atoms with Crippen LogP contribution in [0.4, 0.5) is 4.79 Å². The Labute approximate surface area is 95.0 Å². The molecule has 0 amide bonds. The zero-order chi connectivity index (χ0) is 11.1. The smallest absolute Gasteiger partial charge is 0.373 e. The predicted molar refractivity (Wildman–Crippen MR) is 64.2 cm³/mol. The maximum Gasteiger partial charge on any atom is 0.373 e. The Hall–Kier alpha value is -0.770. The van der Waals surface area contributed by atoms with Crippen molar-refractivity contribution < 1.29 is 9.53 Å². The Morgan fingerprint density at radius 1 is 1.67 bits per heavy atom. The summed E-state index contributed by atoms with van der Waals surface area (Å²) in [6, 6.07) is 0. The quantitative estimate of drug-likeness (QED) is 0.691. The molecule has 0 bridgehead atoms. The van der Waals surface area contributed by atoms with E-state index in [0.717, 1.165) is 36.1 Å². The van der Waals surface area contributed by atoms with Gasteiger partial charge in [-0.3, -0.25) is 4.99 Å². The molecule has 1 heterocycles. The van der Waals surface area contributed by atoms with Gasteiger partial charge in [0.2, 0.25) is 0 Å². The van der Waals surface area contributed by atoms with E-state index >= 15 is 0 Å². The van der Waals surface area contributed by atoms with E-state index in [2.05, 4.69) is 18.8 Å². The predicted octanol–water partition coefficient (Wildman–Crippen LogP) is 3.61. The number of rotatable bonds is 3. The van der Waals surface area contributed by atoms with Gasteiger partial charge in [0.05, 0.1) is 11.7 Å². The number of carbonyl (C=O) groups is 1. The first-order valence-electron chi connectivity index (χ1n) is 5.25. The van der Waals surface area contributed by atoms with Crippen LogP contribution in [-0.2, 0) is 4.74 Å². The van der Waals surface area contributed by atoms with Gasteiger partial charge in [-0.15, -0.1) is 0 Å². The van der Waals surface area contributed by atoms with E-state index in [-0.39, 0.29) is 5.30 Å². The van der Waals surface area contributed by atoms with Crippen LogP contribution < -0.4 is 0 Å². The molecule has 0 aromatic rings. The lowest BCUT2D eigenvalue weighted by atomic mass is 10.1. The van der Waals surface area contributed by atoms with Gasteiger partial charge in [-0.2, -0.15) is 0 Å². The second kappa shape index (κ2) is 6.67. The summed E-state index contributed by atoms with van der Waals surface area (Å²) >= 11 is 1.11. The Morgan fingerprint density at radius 3 is 3.07 bits per heavy atom. The van der Waals surface area contributed by atoms with Gasteiger partial charge in [0, 0.05) is 18.0 Å². The van der Waals surface area contributed by atoms with Crippen molar-refractivity contribution in [3.8, 4) is 0 Å². The number of nitrogens with zero attached hydrogens (tertiary/aromatic N) is 1. The van der Waals surface area contributed by atoms with Crippen molar-refractivity contribution in [3.05, 3.63) is 12.3 Å². The summed E-state index contributed by atoms with van der Waals surface area (Å²) in [5, 5.41) is 0.622. The summed E-state index contributed by atoms with van der Waals surface area (Å²) in [5.74, 6) is 0.567. The van der Waals surface area contributed by atoms with Gasteiger partial charge < -0.3 is 4.74 Å². The van der Waals surface area contributed by atoms with Crippen LogP contribution >= 0.6 is 11.8 Å². The normalized spacial score (nSPS) is 15.3. The number of carbonyl (C=O) groups excluding carboxylic acids is 1. The van der Waals surface area contributed by atoms with Gasteiger partial charge in [0.15, 0.2) is 0 Å². The highest BCUT2D eigenvalue weighted by molar-refractivity contribution is 8.26. The van der Waals surface area contributed by atoms with Crippen LogP contribution in [0.5, 0.6) is 0 Å². The molecule has 1 aliphatic rings. The summed E-state index contributed by atoms with van der Waals surface area (Å²) in [7, 11) is 0. The first kappa shape index (κ1) is 12.3. The fourth-order valence-corrected chi connectivity index (χ4v) is 1.73. The molecule has 0 saturated heterocycles. The number of aliphatic imine (C=N–C) groups is 1. The molecule has 3 nitrogen and oxygen atoms in total. The van der Waals surface area contributed by atoms with Crippen molar-refractivity contribution >= 4 is 22.1 Å². The van der Waals surface area contributed by atoms with Gasteiger partial charge in [0.1, 0.15) is 0 Å². The summed E-state index contributed by atoms with van der Waals surface area (Å²) in [6.45, 7) is 4.72. The summed E-state index contributed by atoms with van der Waals surface area (Å²) in [5.41, 5.74) is 0. The number of hydrogen-bond donors (Lipinski definition) is 0. The monoisotopic (exact) mass is 227 g/mol. The van der Waals surface area contributed by atoms with Crippen molar-refractivity contribution in [2.75, 3.05) is 6.61 Å². The van der Waals surface area contributed by atoms with Crippen LogP contribution in [0.15, 0.2) is 17.3 Å². The third kappa shape index (κ3) is 5.62. The molecule has 1 rings (SSSR count). The fraction of sp³-hybridized carbons (Fsp3) is 0.636. The lowest BCUT2D eigenvalue weighted by Crippen LogP contribution is -2.06. The molecule has 0 atom stereocenters. The molecule has 0 aromatic heterocycles. The molecule has 0 aromatic carbocycles. The Kier molecular flexibility index (Phi) is 5.47. The van der Waals surface area contributed by atoms with Gasteiger partial charge in [-0.05, 0) is 25.2 Å². The Morgan fingerprint density at radius 2 is 2.47 bits per heavy atom. The number of hydrogen-bond acceptors (Lipinski definition) is 4. The lowest BCUT2D eigenvalue weighted by Gasteiger charge is -2.08. The second-order valence-corrected chi connectivity index (χ2v) is 4.84. The molecule has 4 heteroatoms. The second-order valence-electron chi connectivity index (χ2n) is 3.83. The molecule has 0 spiro atoms. The minimum absolute atomic E-state index is 0.232. The number of thioether (sulfide) groups is 1. The molecule has 0 N–H and O–H groups in total. The maximum atomic E-state index is 11.3. The highest BCUT2D eigenvalue weighted by Crippen LogP contribution is 2.17. The van der Waals surface area contributed by atoms with Crippen molar-refractivity contribution in [2.45, 2.75) is 33.1 Å². The van der Waals surface area contributed by atoms with Crippen LogP contribution in [0.25, 0.3) is 0 Å². The van der Waals surface area contributed by atoms with Crippen LogP contribution in [0.3, 0.4) is 0 Å². The average molecular weight is 227 g/mol. The molecule has 84 valence electrons. The molecule has 0 unspecified atom stereocenters. The van der Waals surface area contributed by atoms with Gasteiger partial charge >= 0.3 is 5.30 Å². The van der Waals surface area contributed by atoms with Crippen LogP contribution in [-0.4, -0.2) is 17.0 Å². The minimum atomic E-state index is -0.232. The Bertz CT molecular complexity index is 272. The molecule has 0 aliphatic carbocycles. The van der Waals surface area contributed by atoms with E-state index < -0.39 is 0 Å². The zero-order valence-corrected chi connectivity index (χ0v) is 10.0. The molecular formula is C11H17NO2S. The third-order valence-electron chi connectivity index (χ3n) is 1.97. The minimum Gasteiger partial charge on any atom is -0.457 e. The highest BCUT2D eigenvalue weighted by atomic mass is 32.2. The first-order valence-corrected chi connectivity index (χ1v) is 6.06. The van der Waals surface area contributed by atoms with Crippen LogP contribution in [0.1, 0.15) is 33.1 Å². The van der Waals surface area contributed by atoms with Crippen LogP contribution in [0.2, 0.25) is 0 Å². The van der Waals surface area contributed by atoms with Gasteiger partial charge in [-0.25, -0.2) is 4.79 Å². The van der Waals surface area contributed by atoms with Crippen LogP contribution in [0, 0.1) is 5.92 Å². The van der Waals surface area contributed by atoms with Gasteiger partial charge in [-0.1, -0.05) is 19.9 Å². The van der Waals surface area contributed by atoms with E-state index in [1.54, 1.807) is 6.20 Å². The molecule has 0 radical (unpaired) electrons. The third-order valence-corrected chi connectivity index (χ3v) is 2.79. The molecular weight excluding hydrogens is 210 g/mol. The molecule has 1 aliphatic heterocycles. The average Bonchev–Trinajstić information content (AvgIpc) is 2.18. The zero-order valence-electron chi connectivity index (χ0n) is 9.23. The highest BCUT2D eigenvalue weighted by Gasteiger charge is 2.10. The van der Waals surface area contributed by atoms with E-state index in [1.165, 1.54) is 0 Å². The van der Waals surface area contributed by atoms with Gasteiger partial charge in [0.25, 0.3) is 0 Å². The standard InChI is InChI=1S/C11H17NO2S/c1-9(2)6-8-14-11(13)15-10-5-3-4-7-12-10/h4,7,9H,3,5-6,8H2,1-2H3. The summed E-state index contributed by atoms with van der Waals surface area (Å²) in [4.78, 5) is 15.4. The van der Waals surface area contributed by atoms with Crippen molar-refractivity contribution in [1.29, 1.82) is 0 Å². The molecule has 0 fully saturated rings. The van der Waals surface area contributed by atoms with E-state index in [9.17, 15) is 4.79 Å². The first-order chi connectivity index (χ1) is 7.18. The lowest BCUT2D eigenvalue weighted by molar-refractivity contribution is 0.169.